The van der Waals surface area contributed by atoms with Crippen LogP contribution < -0.4 is 0 Å². The maximum Gasteiger partial charge on any atom is 0.129 e. The highest BCUT2D eigenvalue weighted by Gasteiger charge is 2.22. The fourth-order valence-corrected chi connectivity index (χ4v) is 3.66. The van der Waals surface area contributed by atoms with E-state index in [-0.39, 0.29) is 5.41 Å². The summed E-state index contributed by atoms with van der Waals surface area (Å²) in [5, 5.41) is 12.2. The molecule has 0 aliphatic heterocycles. The summed E-state index contributed by atoms with van der Waals surface area (Å²) in [7, 11) is 0. The summed E-state index contributed by atoms with van der Waals surface area (Å²) in [6.07, 6.45) is 0. The van der Waals surface area contributed by atoms with E-state index in [9.17, 15) is 5.11 Å². The minimum Gasteiger partial charge on any atom is -0.507 e. The Hall–Kier alpha value is -1.58. The number of hydrogen-bond acceptors (Lipinski definition) is 3. The Balaban J connectivity index is 2.24. The van der Waals surface area contributed by atoms with E-state index in [0.717, 1.165) is 31.9 Å². The molecule has 2 aromatic carbocycles. The van der Waals surface area contributed by atoms with Crippen LogP contribution in [0.15, 0.2) is 30.3 Å². The first-order valence-electron chi connectivity index (χ1n) is 7.16. The molecule has 3 aromatic rings. The standard InChI is InChI=1S/C18H18ClNOS/c1-10-7-12(16(21)13(8-10)18(2,3)4)17-20-14-9-11(19)5-6-15(14)22-17/h5-9,21H,1-4H3. The average molecular weight is 332 g/mol. The maximum atomic E-state index is 10.7. The fraction of sp³-hybridized carbons (Fsp3) is 0.278. The monoisotopic (exact) mass is 331 g/mol. The van der Waals surface area contributed by atoms with Gasteiger partial charge in [0.15, 0.2) is 0 Å². The number of aromatic hydroxyl groups is 1. The van der Waals surface area contributed by atoms with Crippen molar-refractivity contribution in [1.82, 2.24) is 4.98 Å². The van der Waals surface area contributed by atoms with E-state index >= 15 is 0 Å². The molecule has 1 N–H and O–H groups in total. The van der Waals surface area contributed by atoms with Gasteiger partial charge in [-0.2, -0.15) is 0 Å². The van der Waals surface area contributed by atoms with Crippen molar-refractivity contribution in [3.05, 3.63) is 46.5 Å². The van der Waals surface area contributed by atoms with Crippen LogP contribution in [0.5, 0.6) is 5.75 Å². The van der Waals surface area contributed by atoms with Crippen LogP contribution in [0.2, 0.25) is 5.02 Å². The second kappa shape index (κ2) is 5.25. The number of benzene rings is 2. The van der Waals surface area contributed by atoms with Crippen molar-refractivity contribution >= 4 is 33.2 Å². The second-order valence-electron chi connectivity index (χ2n) is 6.59. The molecule has 0 aliphatic rings. The zero-order valence-corrected chi connectivity index (χ0v) is 14.6. The first-order valence-corrected chi connectivity index (χ1v) is 8.36. The van der Waals surface area contributed by atoms with Gasteiger partial charge in [-0.05, 0) is 42.2 Å². The Morgan fingerprint density at radius 2 is 1.86 bits per heavy atom. The summed E-state index contributed by atoms with van der Waals surface area (Å²) in [5.41, 5.74) is 3.60. The number of fused-ring (bicyclic) bond motifs is 1. The summed E-state index contributed by atoms with van der Waals surface area (Å²) >= 11 is 7.60. The van der Waals surface area contributed by atoms with E-state index < -0.39 is 0 Å². The Morgan fingerprint density at radius 1 is 1.14 bits per heavy atom. The summed E-state index contributed by atoms with van der Waals surface area (Å²) < 4.78 is 1.07. The van der Waals surface area contributed by atoms with Gasteiger partial charge < -0.3 is 5.11 Å². The van der Waals surface area contributed by atoms with Gasteiger partial charge in [0, 0.05) is 10.6 Å². The molecule has 0 spiro atoms. The van der Waals surface area contributed by atoms with Crippen LogP contribution in [0.1, 0.15) is 31.9 Å². The summed E-state index contributed by atoms with van der Waals surface area (Å²) in [6, 6.07) is 9.72. The van der Waals surface area contributed by atoms with E-state index in [1.54, 1.807) is 11.3 Å². The Kier molecular flexibility index (Phi) is 3.66. The van der Waals surface area contributed by atoms with Crippen molar-refractivity contribution in [2.45, 2.75) is 33.1 Å². The van der Waals surface area contributed by atoms with Crippen molar-refractivity contribution in [3.63, 3.8) is 0 Å². The lowest BCUT2D eigenvalue weighted by Gasteiger charge is -2.22. The number of phenols is 1. The number of aryl methyl sites for hydroxylation is 1. The van der Waals surface area contributed by atoms with E-state index in [2.05, 4.69) is 25.8 Å². The molecular weight excluding hydrogens is 314 g/mol. The van der Waals surface area contributed by atoms with E-state index in [1.807, 2.05) is 37.3 Å². The molecule has 0 amide bonds. The number of phenolic OH excluding ortho intramolecular Hbond substituents is 1. The number of nitrogens with zero attached hydrogens (tertiary/aromatic N) is 1. The van der Waals surface area contributed by atoms with Crippen molar-refractivity contribution in [2.75, 3.05) is 0 Å². The van der Waals surface area contributed by atoms with Gasteiger partial charge in [0.2, 0.25) is 0 Å². The Bertz CT molecular complexity index is 861. The molecule has 0 fully saturated rings. The molecule has 22 heavy (non-hydrogen) atoms. The van der Waals surface area contributed by atoms with Gasteiger partial charge in [-0.25, -0.2) is 4.98 Å². The molecule has 0 aliphatic carbocycles. The van der Waals surface area contributed by atoms with Crippen molar-refractivity contribution in [1.29, 1.82) is 0 Å². The molecule has 1 aromatic heterocycles. The Labute approximate surface area is 139 Å². The van der Waals surface area contributed by atoms with Gasteiger partial charge in [-0.3, -0.25) is 0 Å². The molecule has 114 valence electrons. The lowest BCUT2D eigenvalue weighted by Crippen LogP contribution is -2.12. The first-order chi connectivity index (χ1) is 10.3. The largest absolute Gasteiger partial charge is 0.507 e. The van der Waals surface area contributed by atoms with Crippen LogP contribution in [0, 0.1) is 6.92 Å². The third kappa shape index (κ3) is 2.71. The number of rotatable bonds is 1. The van der Waals surface area contributed by atoms with Crippen LogP contribution in [-0.2, 0) is 5.41 Å². The maximum absolute atomic E-state index is 10.7. The minimum absolute atomic E-state index is 0.120. The molecule has 0 saturated carbocycles. The highest BCUT2D eigenvalue weighted by atomic mass is 35.5. The third-order valence-electron chi connectivity index (χ3n) is 3.64. The van der Waals surface area contributed by atoms with Crippen molar-refractivity contribution in [3.8, 4) is 16.3 Å². The quantitative estimate of drug-likeness (QED) is 0.599. The normalized spacial score (nSPS) is 12.0. The Morgan fingerprint density at radius 3 is 2.55 bits per heavy atom. The van der Waals surface area contributed by atoms with Crippen LogP contribution in [0.25, 0.3) is 20.8 Å². The smallest absolute Gasteiger partial charge is 0.129 e. The van der Waals surface area contributed by atoms with Crippen molar-refractivity contribution < 1.29 is 5.11 Å². The molecule has 2 nitrogen and oxygen atoms in total. The van der Waals surface area contributed by atoms with E-state index in [1.165, 1.54) is 0 Å². The predicted molar refractivity (Wildman–Crippen MR) is 95.2 cm³/mol. The summed E-state index contributed by atoms with van der Waals surface area (Å²) in [4.78, 5) is 4.64. The zero-order chi connectivity index (χ0) is 16.1. The van der Waals surface area contributed by atoms with Crippen molar-refractivity contribution in [2.24, 2.45) is 0 Å². The lowest BCUT2D eigenvalue weighted by molar-refractivity contribution is 0.448. The fourth-order valence-electron chi connectivity index (χ4n) is 2.53. The SMILES string of the molecule is Cc1cc(-c2nc3cc(Cl)ccc3s2)c(O)c(C(C)(C)C)c1. The third-order valence-corrected chi connectivity index (χ3v) is 4.95. The number of thiazole rings is 1. The van der Waals surface area contributed by atoms with Gasteiger partial charge in [0.1, 0.15) is 10.8 Å². The predicted octanol–water partition coefficient (Wildman–Crippen LogP) is 5.93. The molecule has 0 radical (unpaired) electrons. The molecule has 0 bridgehead atoms. The molecule has 3 rings (SSSR count). The zero-order valence-electron chi connectivity index (χ0n) is 13.1. The topological polar surface area (TPSA) is 33.1 Å². The van der Waals surface area contributed by atoms with Crippen LogP contribution in [-0.4, -0.2) is 10.1 Å². The van der Waals surface area contributed by atoms with Gasteiger partial charge >= 0.3 is 0 Å². The van der Waals surface area contributed by atoms with Crippen LogP contribution >= 0.6 is 22.9 Å². The first kappa shape index (κ1) is 15.3. The molecular formula is C18H18ClNOS. The molecule has 0 saturated heterocycles. The molecule has 0 atom stereocenters. The van der Waals surface area contributed by atoms with Crippen LogP contribution in [0.4, 0.5) is 0 Å². The van der Waals surface area contributed by atoms with Crippen LogP contribution in [0.3, 0.4) is 0 Å². The van der Waals surface area contributed by atoms with Gasteiger partial charge in [0.25, 0.3) is 0 Å². The van der Waals surface area contributed by atoms with Gasteiger partial charge in [-0.1, -0.05) is 38.4 Å². The van der Waals surface area contributed by atoms with Gasteiger partial charge in [0.05, 0.1) is 15.8 Å². The number of aromatic nitrogens is 1. The molecule has 4 heteroatoms. The highest BCUT2D eigenvalue weighted by Crippen LogP contribution is 2.42. The number of hydrogen-bond donors (Lipinski definition) is 1. The lowest BCUT2D eigenvalue weighted by atomic mass is 9.84. The van der Waals surface area contributed by atoms with E-state index in [4.69, 9.17) is 11.6 Å². The second-order valence-corrected chi connectivity index (χ2v) is 8.06. The number of halogens is 1. The van der Waals surface area contributed by atoms with Gasteiger partial charge in [-0.15, -0.1) is 11.3 Å². The summed E-state index contributed by atoms with van der Waals surface area (Å²) in [6.45, 7) is 8.35. The minimum atomic E-state index is -0.120. The highest BCUT2D eigenvalue weighted by molar-refractivity contribution is 7.21. The average Bonchev–Trinajstić information content (AvgIpc) is 2.82. The molecule has 0 unspecified atom stereocenters. The summed E-state index contributed by atoms with van der Waals surface area (Å²) in [5.74, 6) is 0.322. The van der Waals surface area contributed by atoms with E-state index in [0.29, 0.717) is 10.8 Å². The molecule has 1 heterocycles.